The fourth-order valence-corrected chi connectivity index (χ4v) is 9.62. The number of aromatic carboxylic acids is 1. The van der Waals surface area contributed by atoms with Gasteiger partial charge in [0, 0.05) is 128 Å². The number of nitrogens with one attached hydrogen (secondary N) is 5. The lowest BCUT2D eigenvalue weighted by Gasteiger charge is -2.35. The monoisotopic (exact) mass is 1130 g/mol. The van der Waals surface area contributed by atoms with Crippen LogP contribution >= 0.6 is 0 Å². The summed E-state index contributed by atoms with van der Waals surface area (Å²) < 4.78 is 10.5. The van der Waals surface area contributed by atoms with Crippen molar-refractivity contribution in [2.24, 2.45) is 21.1 Å². The fraction of sp³-hybridized carbons (Fsp3) is 0.310. The second-order valence-corrected chi connectivity index (χ2v) is 20.1. The average Bonchev–Trinajstić information content (AvgIpc) is 2.13. The molecule has 1 aliphatic heterocycles. The van der Waals surface area contributed by atoms with Gasteiger partial charge in [-0.3, -0.25) is 43.2 Å². The van der Waals surface area contributed by atoms with E-state index in [9.17, 15) is 73.5 Å². The van der Waals surface area contributed by atoms with Crippen LogP contribution in [0.2, 0.25) is 0 Å². The number of phenols is 1. The van der Waals surface area contributed by atoms with E-state index < -0.39 is 86.4 Å². The van der Waals surface area contributed by atoms with E-state index in [0.717, 1.165) is 0 Å². The first-order chi connectivity index (χ1) is 38.8. The van der Waals surface area contributed by atoms with Crippen molar-refractivity contribution in [3.05, 3.63) is 159 Å². The first-order valence-electron chi connectivity index (χ1n) is 25.9. The van der Waals surface area contributed by atoms with Gasteiger partial charge in [-0.05, 0) is 88.1 Å². The van der Waals surface area contributed by atoms with Crippen molar-refractivity contribution in [3.8, 4) is 45.4 Å². The first kappa shape index (κ1) is 59.7. The summed E-state index contributed by atoms with van der Waals surface area (Å²) in [6.45, 7) is 3.73. The summed E-state index contributed by atoms with van der Waals surface area (Å²) in [5.41, 5.74) is -1.60. The smallest absolute Gasteiger partial charge is 0.336 e. The molecule has 430 valence electrons. The van der Waals surface area contributed by atoms with Gasteiger partial charge in [0.15, 0.2) is 22.7 Å². The molecule has 5 amide bonds. The zero-order valence-electron chi connectivity index (χ0n) is 45.8. The Morgan fingerprint density at radius 2 is 1.01 bits per heavy atom. The Hall–Kier alpha value is -10.0. The third kappa shape index (κ3) is 13.5. The highest BCUT2D eigenvalue weighted by molar-refractivity contribution is 6.09. The summed E-state index contributed by atoms with van der Waals surface area (Å²) in [5.74, 6) is -6.47. The second kappa shape index (κ2) is 25.0. The molecular weight excluding hydrogens is 1060 g/mol. The molecule has 3 aromatic heterocycles. The maximum atomic E-state index is 14.3. The van der Waals surface area contributed by atoms with E-state index >= 15 is 0 Å². The lowest BCUT2D eigenvalue weighted by atomic mass is 9.83. The molecule has 24 heteroatoms. The van der Waals surface area contributed by atoms with E-state index in [2.05, 4.69) is 26.6 Å². The van der Waals surface area contributed by atoms with Gasteiger partial charge in [0.2, 0.25) is 39.9 Å². The number of fused-ring (bicyclic) bond motifs is 2. The highest BCUT2D eigenvalue weighted by Gasteiger charge is 2.34. The molecule has 2 aromatic carbocycles. The zero-order valence-corrected chi connectivity index (χ0v) is 45.8. The van der Waals surface area contributed by atoms with E-state index in [4.69, 9.17) is 4.42 Å². The van der Waals surface area contributed by atoms with Crippen LogP contribution in [0.3, 0.4) is 0 Å². The topological polar surface area (TPSA) is 360 Å². The Bertz CT molecular complexity index is 3710. The van der Waals surface area contributed by atoms with Gasteiger partial charge < -0.3 is 70.2 Å². The van der Waals surface area contributed by atoms with Crippen LogP contribution in [0.4, 0.5) is 0 Å². The molecule has 2 aliphatic rings. The number of aromatic nitrogens is 3. The summed E-state index contributed by atoms with van der Waals surface area (Å²) in [5, 5.41) is 66.3. The Kier molecular flexibility index (Phi) is 18.2. The molecule has 0 saturated carbocycles. The van der Waals surface area contributed by atoms with Crippen molar-refractivity contribution in [1.29, 1.82) is 0 Å². The van der Waals surface area contributed by atoms with Gasteiger partial charge in [-0.2, -0.15) is 0 Å². The van der Waals surface area contributed by atoms with Gasteiger partial charge in [-0.1, -0.05) is 0 Å². The van der Waals surface area contributed by atoms with Crippen molar-refractivity contribution in [3.63, 3.8) is 0 Å². The van der Waals surface area contributed by atoms with Crippen molar-refractivity contribution in [2.75, 3.05) is 6.54 Å². The van der Waals surface area contributed by atoms with Crippen LogP contribution in [0.5, 0.6) is 23.0 Å². The minimum Gasteiger partial charge on any atom is -0.508 e. The van der Waals surface area contributed by atoms with Crippen molar-refractivity contribution in [2.45, 2.75) is 90.9 Å². The molecule has 0 spiro atoms. The van der Waals surface area contributed by atoms with Gasteiger partial charge in [-0.15, -0.1) is 0 Å². The molecule has 0 bridgehead atoms. The summed E-state index contributed by atoms with van der Waals surface area (Å²) in [6, 6.07) is 15.6. The normalized spacial score (nSPS) is 11.3. The molecule has 0 atom stereocenters. The number of hydrogen-bond donors (Lipinski definition) is 10. The second-order valence-electron chi connectivity index (χ2n) is 20.1. The van der Waals surface area contributed by atoms with Gasteiger partial charge >= 0.3 is 5.97 Å². The number of carboxylic acids is 1. The SMILES string of the molecule is Cc1cc(=O)c(O)c(CNC(=O)CCC(CCC(=O)NCc2c(O)c(=O)cc(C)n2C)(CCC(=O)NCc2c(O)c(=O)cc(C)n2C)NC(=O)CCNC(=O)c2ccc(C(=O)O)c(-c3c4ccc(=O)cc-4oc4cc(O)ccc34)c2)n1C. The van der Waals surface area contributed by atoms with Crippen molar-refractivity contribution in [1.82, 2.24) is 40.3 Å². The molecule has 0 saturated heterocycles. The summed E-state index contributed by atoms with van der Waals surface area (Å²) in [4.78, 5) is 132. The molecule has 82 heavy (non-hydrogen) atoms. The van der Waals surface area contributed by atoms with E-state index in [-0.39, 0.29) is 121 Å². The number of carbonyl (C=O) groups is 6. The van der Waals surface area contributed by atoms with Gasteiger partial charge in [-0.25, -0.2) is 4.79 Å². The van der Waals surface area contributed by atoms with Crippen molar-refractivity contribution < 1.29 is 58.7 Å². The molecule has 4 heterocycles. The van der Waals surface area contributed by atoms with Crippen LogP contribution in [0.25, 0.3) is 33.4 Å². The number of hydrogen-bond acceptors (Lipinski definition) is 15. The predicted molar refractivity (Wildman–Crippen MR) is 298 cm³/mol. The summed E-state index contributed by atoms with van der Waals surface area (Å²) in [6.07, 6.45) is -2.14. The van der Waals surface area contributed by atoms with Crippen LogP contribution in [-0.4, -0.2) is 86.8 Å². The third-order valence-electron chi connectivity index (χ3n) is 14.7. The van der Waals surface area contributed by atoms with E-state index in [1.807, 2.05) is 0 Å². The molecular formula is C58H62N8O16. The zero-order chi connectivity index (χ0) is 59.9. The number of pyridine rings is 3. The number of rotatable bonds is 22. The number of carbonyl (C=O) groups excluding carboxylic acids is 5. The predicted octanol–water partition coefficient (Wildman–Crippen LogP) is 3.37. The summed E-state index contributed by atoms with van der Waals surface area (Å²) in [7, 11) is 4.77. The Morgan fingerprint density at radius 1 is 0.537 bits per heavy atom. The third-order valence-corrected chi connectivity index (χ3v) is 14.7. The Balaban J connectivity index is 1.16. The Labute approximate surface area is 467 Å². The maximum absolute atomic E-state index is 14.3. The van der Waals surface area contributed by atoms with Gasteiger partial charge in [0.05, 0.1) is 42.3 Å². The van der Waals surface area contributed by atoms with E-state index in [0.29, 0.717) is 28.0 Å². The maximum Gasteiger partial charge on any atom is 0.336 e. The van der Waals surface area contributed by atoms with Crippen LogP contribution < -0.4 is 48.3 Å². The Morgan fingerprint density at radius 3 is 1.48 bits per heavy atom. The number of amides is 5. The largest absolute Gasteiger partial charge is 0.508 e. The molecule has 7 rings (SSSR count). The average molecular weight is 1130 g/mol. The molecule has 5 aromatic rings. The molecule has 24 nitrogen and oxygen atoms in total. The molecule has 0 unspecified atom stereocenters. The van der Waals surface area contributed by atoms with Gasteiger partial charge in [0.25, 0.3) is 5.91 Å². The first-order valence-corrected chi connectivity index (χ1v) is 25.9. The minimum atomic E-state index is -1.57. The number of aromatic hydroxyl groups is 4. The summed E-state index contributed by atoms with van der Waals surface area (Å²) >= 11 is 0. The lowest BCUT2D eigenvalue weighted by Crippen LogP contribution is -2.51. The van der Waals surface area contributed by atoms with E-state index in [1.54, 1.807) is 41.9 Å². The lowest BCUT2D eigenvalue weighted by molar-refractivity contribution is -0.127. The minimum absolute atomic E-state index is 0.0312. The highest BCUT2D eigenvalue weighted by Crippen LogP contribution is 2.42. The van der Waals surface area contributed by atoms with Crippen LogP contribution in [-0.2, 0) is 60.0 Å². The number of nitrogens with zero attached hydrogens (tertiary/aromatic N) is 3. The highest BCUT2D eigenvalue weighted by atomic mass is 16.4. The van der Waals surface area contributed by atoms with Crippen LogP contribution in [0, 0.1) is 20.8 Å². The molecule has 10 N–H and O–H groups in total. The van der Waals surface area contributed by atoms with Crippen LogP contribution in [0.15, 0.2) is 96.4 Å². The quantitative estimate of drug-likeness (QED) is 0.0435. The molecule has 1 aliphatic carbocycles. The standard InChI is InChI=1S/C58H62N8O16/c1-30-21-43(69)53(76)40(64(30)4)27-60-48(72)13-17-58(18-14-49(73)61-28-41-54(77)44(70)22-31(2)65(41)5,19-15-50(74)62-29-42-55(78)45(71)23-32(3)66(42)6)63-51(75)16-20-59-56(79)33-7-10-36(57(80)81)39(24-33)52-37-11-8-34(67)25-46(37)82-47-26-35(68)9-12-38(47)52/h7-12,21-26,67,76-78H,13-20,27-29H2,1-6H3,(H,59,79)(H,60,72)(H,61,73)(H,62,74)(H,63,75)(H,80,81). The van der Waals surface area contributed by atoms with E-state index in [1.165, 1.54) is 86.5 Å². The fourth-order valence-electron chi connectivity index (χ4n) is 9.62. The van der Waals surface area contributed by atoms with Gasteiger partial charge in [0.1, 0.15) is 17.1 Å². The van der Waals surface area contributed by atoms with Crippen LogP contribution in [0.1, 0.15) is 99.8 Å². The van der Waals surface area contributed by atoms with Crippen molar-refractivity contribution >= 4 is 46.5 Å². The molecule has 0 fully saturated rings. The number of carboxylic acid groups (broad SMARTS) is 1. The number of phenolic OH excluding ortho intramolecular Hbond substituents is 1. The molecule has 0 radical (unpaired) electrons. The number of aryl methyl sites for hydroxylation is 3. The number of benzene rings is 3.